The molecular formula is C35H44FN5O5. The SMILES string of the molecule is CC(C)(C)Cc1cc(F)cc2cc(Cn3cccc(NC(=O)C(CCC=CC(=O)N4CCCC4)OC(=O)N4CCCC4)c3=O)[nH]c12. The summed E-state index contributed by atoms with van der Waals surface area (Å²) in [6.45, 7) is 9.09. The highest BCUT2D eigenvalue weighted by molar-refractivity contribution is 5.95. The minimum Gasteiger partial charge on any atom is -0.436 e. The van der Waals surface area contributed by atoms with Crippen LogP contribution in [-0.4, -0.2) is 69.5 Å². The lowest BCUT2D eigenvalue weighted by Gasteiger charge is -2.21. The number of hydrogen-bond donors (Lipinski definition) is 2. The van der Waals surface area contributed by atoms with E-state index in [-0.39, 0.29) is 35.8 Å². The quantitative estimate of drug-likeness (QED) is 0.282. The number of ether oxygens (including phenoxy) is 1. The molecule has 3 amide bonds. The van der Waals surface area contributed by atoms with Crippen molar-refractivity contribution in [3.8, 4) is 0 Å². The van der Waals surface area contributed by atoms with Crippen LogP contribution in [0.25, 0.3) is 10.9 Å². The second-order valence-corrected chi connectivity index (χ2v) is 13.5. The number of amides is 3. The van der Waals surface area contributed by atoms with Crippen LogP contribution in [0.3, 0.4) is 0 Å². The van der Waals surface area contributed by atoms with Crippen LogP contribution in [0.5, 0.6) is 0 Å². The van der Waals surface area contributed by atoms with Crippen molar-refractivity contribution < 1.29 is 23.5 Å². The number of benzene rings is 1. The fraction of sp³-hybridized carbons (Fsp3) is 0.486. The van der Waals surface area contributed by atoms with E-state index in [2.05, 4.69) is 31.1 Å². The summed E-state index contributed by atoms with van der Waals surface area (Å²) in [4.78, 5) is 58.8. The normalized spacial score (nSPS) is 16.0. The minimum absolute atomic E-state index is 0.0442. The van der Waals surface area contributed by atoms with Crippen LogP contribution in [0.2, 0.25) is 0 Å². The highest BCUT2D eigenvalue weighted by Crippen LogP contribution is 2.28. The summed E-state index contributed by atoms with van der Waals surface area (Å²) in [6, 6.07) is 8.01. The van der Waals surface area contributed by atoms with Gasteiger partial charge in [-0.05, 0) is 92.3 Å². The van der Waals surface area contributed by atoms with Gasteiger partial charge in [0.15, 0.2) is 6.10 Å². The summed E-state index contributed by atoms with van der Waals surface area (Å²) < 4.78 is 21.5. The molecule has 5 rings (SSSR count). The molecule has 0 saturated carbocycles. The highest BCUT2D eigenvalue weighted by atomic mass is 19.1. The number of nitrogens with one attached hydrogen (secondary N) is 2. The molecule has 2 aliphatic heterocycles. The molecule has 1 atom stereocenters. The third-order valence-corrected chi connectivity index (χ3v) is 8.34. The first-order valence-electron chi connectivity index (χ1n) is 16.2. The van der Waals surface area contributed by atoms with Crippen molar-refractivity contribution in [2.24, 2.45) is 5.41 Å². The number of pyridine rings is 1. The Morgan fingerprint density at radius 1 is 1.04 bits per heavy atom. The number of fused-ring (bicyclic) bond motifs is 1. The summed E-state index contributed by atoms with van der Waals surface area (Å²) in [6.07, 6.45) is 8.00. The zero-order chi connectivity index (χ0) is 32.8. The van der Waals surface area contributed by atoms with Crippen molar-refractivity contribution >= 4 is 34.5 Å². The Balaban J connectivity index is 1.29. The van der Waals surface area contributed by atoms with Crippen molar-refractivity contribution in [3.05, 3.63) is 76.1 Å². The third kappa shape index (κ3) is 8.44. The van der Waals surface area contributed by atoms with Gasteiger partial charge in [0.25, 0.3) is 11.5 Å². The van der Waals surface area contributed by atoms with E-state index in [0.717, 1.165) is 55.2 Å². The van der Waals surface area contributed by atoms with Crippen LogP contribution in [0.15, 0.2) is 53.5 Å². The topological polar surface area (TPSA) is 117 Å². The van der Waals surface area contributed by atoms with Crippen molar-refractivity contribution in [2.45, 2.75) is 78.4 Å². The first kappa shape index (κ1) is 33.0. The molecule has 2 saturated heterocycles. The lowest BCUT2D eigenvalue weighted by atomic mass is 9.87. The molecule has 4 heterocycles. The Bertz CT molecular complexity index is 1660. The molecule has 0 spiro atoms. The van der Waals surface area contributed by atoms with Gasteiger partial charge >= 0.3 is 6.09 Å². The highest BCUT2D eigenvalue weighted by Gasteiger charge is 2.28. The maximum absolute atomic E-state index is 14.4. The number of nitrogens with zero attached hydrogens (tertiary/aromatic N) is 3. The summed E-state index contributed by atoms with van der Waals surface area (Å²) in [5.41, 5.74) is 1.99. The molecule has 11 heteroatoms. The number of rotatable bonds is 10. The van der Waals surface area contributed by atoms with Gasteiger partial charge in [0.05, 0.1) is 6.54 Å². The Morgan fingerprint density at radius 3 is 2.43 bits per heavy atom. The molecule has 246 valence electrons. The first-order chi connectivity index (χ1) is 22.0. The number of anilines is 1. The Morgan fingerprint density at radius 2 is 1.74 bits per heavy atom. The van der Waals surface area contributed by atoms with Crippen molar-refractivity contribution in [2.75, 3.05) is 31.5 Å². The van der Waals surface area contributed by atoms with Gasteiger partial charge in [-0.2, -0.15) is 0 Å². The van der Waals surface area contributed by atoms with Gasteiger partial charge in [-0.25, -0.2) is 9.18 Å². The van der Waals surface area contributed by atoms with Crippen molar-refractivity contribution in [3.63, 3.8) is 0 Å². The van der Waals surface area contributed by atoms with Crippen LogP contribution in [-0.2, 0) is 27.3 Å². The monoisotopic (exact) mass is 633 g/mol. The second kappa shape index (κ2) is 14.3. The maximum Gasteiger partial charge on any atom is 0.410 e. The lowest BCUT2D eigenvalue weighted by molar-refractivity contribution is -0.125. The van der Waals surface area contributed by atoms with E-state index in [9.17, 15) is 23.6 Å². The number of aromatic amines is 1. The fourth-order valence-corrected chi connectivity index (χ4v) is 6.10. The zero-order valence-electron chi connectivity index (χ0n) is 26.9. The van der Waals surface area contributed by atoms with Gasteiger partial charge in [-0.3, -0.25) is 14.4 Å². The largest absolute Gasteiger partial charge is 0.436 e. The van der Waals surface area contributed by atoms with Crippen LogP contribution >= 0.6 is 0 Å². The standard InChI is InChI=1S/C35H44FN5O5/c1-35(2,3)22-25-20-26(36)19-24-21-27(37-31(24)25)23-41-18-10-11-28(33(41)44)38-32(43)29(46-34(45)40-16-8-9-17-40)12-4-5-13-30(42)39-14-6-7-15-39/h5,10-11,13,18-21,29,37H,4,6-9,12,14-17,22-23H2,1-3H3,(H,38,43). The molecule has 2 aliphatic rings. The average molecular weight is 634 g/mol. The Labute approximate surface area is 268 Å². The van der Waals surface area contributed by atoms with Crippen LogP contribution in [0.4, 0.5) is 14.9 Å². The van der Waals surface area contributed by atoms with E-state index < -0.39 is 23.7 Å². The van der Waals surface area contributed by atoms with Gasteiger partial charge < -0.3 is 29.4 Å². The summed E-state index contributed by atoms with van der Waals surface area (Å²) in [7, 11) is 0. The number of likely N-dealkylation sites (tertiary alicyclic amines) is 2. The number of hydrogen-bond acceptors (Lipinski definition) is 5. The van der Waals surface area contributed by atoms with Crippen LogP contribution in [0.1, 0.15) is 70.6 Å². The van der Waals surface area contributed by atoms with Gasteiger partial charge in [-0.15, -0.1) is 0 Å². The lowest BCUT2D eigenvalue weighted by Crippen LogP contribution is -2.39. The number of aromatic nitrogens is 2. The predicted molar refractivity (Wildman–Crippen MR) is 175 cm³/mol. The Hall–Kier alpha value is -4.41. The molecule has 2 aromatic heterocycles. The fourth-order valence-electron chi connectivity index (χ4n) is 6.10. The van der Waals surface area contributed by atoms with Crippen LogP contribution < -0.4 is 10.9 Å². The van der Waals surface area contributed by atoms with E-state index >= 15 is 0 Å². The maximum atomic E-state index is 14.4. The van der Waals surface area contributed by atoms with Gasteiger partial charge in [0.1, 0.15) is 11.5 Å². The number of halogens is 1. The Kier molecular flexibility index (Phi) is 10.3. The molecule has 0 radical (unpaired) electrons. The van der Waals surface area contributed by atoms with Gasteiger partial charge in [-0.1, -0.05) is 26.8 Å². The van der Waals surface area contributed by atoms with Crippen LogP contribution in [0, 0.1) is 11.2 Å². The smallest absolute Gasteiger partial charge is 0.410 e. The van der Waals surface area contributed by atoms with E-state index in [1.807, 2.05) is 6.07 Å². The molecule has 2 N–H and O–H groups in total. The molecule has 3 aromatic rings. The predicted octanol–water partition coefficient (Wildman–Crippen LogP) is 5.60. The summed E-state index contributed by atoms with van der Waals surface area (Å²) in [5.74, 6) is -0.995. The molecular weight excluding hydrogens is 589 g/mol. The second-order valence-electron chi connectivity index (χ2n) is 13.5. The molecule has 46 heavy (non-hydrogen) atoms. The average Bonchev–Trinajstić information content (AvgIpc) is 3.78. The molecule has 0 bridgehead atoms. The number of allylic oxidation sites excluding steroid dienone is 1. The van der Waals surface area contributed by atoms with Gasteiger partial charge in [0.2, 0.25) is 5.91 Å². The summed E-state index contributed by atoms with van der Waals surface area (Å²) >= 11 is 0. The molecule has 2 fully saturated rings. The third-order valence-electron chi connectivity index (χ3n) is 8.34. The first-order valence-corrected chi connectivity index (χ1v) is 16.2. The molecule has 10 nitrogen and oxygen atoms in total. The molecule has 0 aliphatic carbocycles. The van der Waals surface area contributed by atoms with E-state index in [1.165, 1.54) is 22.8 Å². The van der Waals surface area contributed by atoms with Crippen molar-refractivity contribution in [1.29, 1.82) is 0 Å². The molecule has 1 aromatic carbocycles. The van der Waals surface area contributed by atoms with E-state index in [4.69, 9.17) is 4.74 Å². The number of H-pyrrole nitrogens is 1. The number of carbonyl (C=O) groups excluding carboxylic acids is 3. The zero-order valence-corrected chi connectivity index (χ0v) is 26.9. The molecule has 1 unspecified atom stereocenters. The van der Waals surface area contributed by atoms with Gasteiger partial charge in [0, 0.05) is 49.0 Å². The van der Waals surface area contributed by atoms with E-state index in [0.29, 0.717) is 31.6 Å². The number of carbonyl (C=O) groups is 3. The van der Waals surface area contributed by atoms with Crippen molar-refractivity contribution in [1.82, 2.24) is 19.4 Å². The summed E-state index contributed by atoms with van der Waals surface area (Å²) in [5, 5.41) is 3.40. The van der Waals surface area contributed by atoms with E-state index in [1.54, 1.807) is 34.2 Å². The minimum atomic E-state index is -1.16.